The monoisotopic (exact) mass is 370 g/mol. The van der Waals surface area contributed by atoms with Crippen molar-refractivity contribution in [2.24, 2.45) is 5.92 Å². The number of esters is 1. The Hall–Kier alpha value is -2.15. The van der Waals surface area contributed by atoms with Gasteiger partial charge in [-0.1, -0.05) is 6.92 Å². The van der Waals surface area contributed by atoms with Gasteiger partial charge >= 0.3 is 5.97 Å². The Bertz CT molecular complexity index is 579. The van der Waals surface area contributed by atoms with Gasteiger partial charge in [-0.05, 0) is 32.1 Å². The van der Waals surface area contributed by atoms with Crippen molar-refractivity contribution in [2.75, 3.05) is 35.5 Å². The largest absolute Gasteiger partial charge is 0.492 e. The Morgan fingerprint density at radius 2 is 1.35 bits per heavy atom. The molecule has 0 fully saturated rings. The van der Waals surface area contributed by atoms with E-state index in [0.717, 1.165) is 11.1 Å². The molecule has 2 atom stereocenters. The molecule has 148 valence electrons. The van der Waals surface area contributed by atoms with E-state index in [0.29, 0.717) is 42.3 Å². The van der Waals surface area contributed by atoms with Crippen LogP contribution in [0.25, 0.3) is 0 Å². The van der Waals surface area contributed by atoms with Gasteiger partial charge in [-0.25, -0.2) is 4.79 Å². The first kappa shape index (κ1) is 21.9. The topological polar surface area (TPSA) is 83.5 Å². The van der Waals surface area contributed by atoms with Crippen molar-refractivity contribution in [3.8, 4) is 23.0 Å². The number of methoxy groups -OCH3 is 5. The average Bonchev–Trinajstić information content (AvgIpc) is 2.65. The van der Waals surface area contributed by atoms with E-state index >= 15 is 0 Å². The molecule has 0 amide bonds. The van der Waals surface area contributed by atoms with Crippen LogP contribution in [-0.4, -0.2) is 52.7 Å². The molecule has 0 aliphatic carbocycles. The lowest BCUT2D eigenvalue weighted by atomic mass is 9.92. The molecular formula is C19H30O7. The van der Waals surface area contributed by atoms with E-state index in [1.807, 2.05) is 13.8 Å². The fraction of sp³-hybridized carbons (Fsp3) is 0.632. The van der Waals surface area contributed by atoms with Crippen molar-refractivity contribution in [2.45, 2.75) is 39.2 Å². The maximum atomic E-state index is 11.3. The van der Waals surface area contributed by atoms with Crippen LogP contribution in [0, 0.1) is 12.8 Å². The zero-order valence-corrected chi connectivity index (χ0v) is 16.7. The Labute approximate surface area is 155 Å². The highest BCUT2D eigenvalue weighted by molar-refractivity contribution is 5.74. The molecule has 1 aromatic rings. The molecule has 7 heteroatoms. The first-order valence-corrected chi connectivity index (χ1v) is 8.47. The molecule has 0 saturated carbocycles. The zero-order valence-electron chi connectivity index (χ0n) is 16.7. The van der Waals surface area contributed by atoms with Gasteiger partial charge in [0.15, 0.2) is 29.1 Å². The fourth-order valence-corrected chi connectivity index (χ4v) is 3.08. The normalized spacial score (nSPS) is 12.9. The molecule has 0 aliphatic rings. The van der Waals surface area contributed by atoms with E-state index in [1.54, 1.807) is 28.4 Å². The smallest absolute Gasteiger partial charge is 0.334 e. The molecule has 1 rings (SSSR count). The molecule has 1 N–H and O–H groups in total. The number of carbonyl (C=O) groups is 1. The Morgan fingerprint density at radius 3 is 1.73 bits per heavy atom. The lowest BCUT2D eigenvalue weighted by molar-refractivity contribution is -0.150. The van der Waals surface area contributed by atoms with E-state index in [-0.39, 0.29) is 5.92 Å². The molecule has 0 aliphatic heterocycles. The third kappa shape index (κ3) is 4.72. The maximum Gasteiger partial charge on any atom is 0.334 e. The minimum atomic E-state index is -1.12. The summed E-state index contributed by atoms with van der Waals surface area (Å²) in [4.78, 5) is 11.3. The highest BCUT2D eigenvalue weighted by Gasteiger charge is 2.26. The van der Waals surface area contributed by atoms with Crippen LogP contribution in [0.1, 0.15) is 30.9 Å². The van der Waals surface area contributed by atoms with Gasteiger partial charge in [0.25, 0.3) is 0 Å². The molecule has 0 heterocycles. The molecule has 7 nitrogen and oxygen atoms in total. The third-order valence-electron chi connectivity index (χ3n) is 4.42. The van der Waals surface area contributed by atoms with Crippen LogP contribution in [-0.2, 0) is 16.0 Å². The second-order valence-corrected chi connectivity index (χ2v) is 6.16. The predicted molar refractivity (Wildman–Crippen MR) is 97.5 cm³/mol. The third-order valence-corrected chi connectivity index (χ3v) is 4.42. The summed E-state index contributed by atoms with van der Waals surface area (Å²) in [6.07, 6.45) is 0.431. The summed E-state index contributed by atoms with van der Waals surface area (Å²) in [7, 11) is 7.58. The highest BCUT2D eigenvalue weighted by atomic mass is 16.5. The average molecular weight is 370 g/mol. The van der Waals surface area contributed by atoms with Crippen molar-refractivity contribution in [1.82, 2.24) is 0 Å². The Morgan fingerprint density at radius 1 is 0.885 bits per heavy atom. The van der Waals surface area contributed by atoms with E-state index in [1.165, 1.54) is 7.11 Å². The first-order valence-electron chi connectivity index (χ1n) is 8.47. The van der Waals surface area contributed by atoms with Crippen LogP contribution in [0.4, 0.5) is 0 Å². The minimum absolute atomic E-state index is 0.147. The molecule has 26 heavy (non-hydrogen) atoms. The van der Waals surface area contributed by atoms with Crippen molar-refractivity contribution >= 4 is 5.97 Å². The van der Waals surface area contributed by atoms with Gasteiger partial charge in [0.05, 0.1) is 35.5 Å². The number of aliphatic hydroxyl groups is 1. The minimum Gasteiger partial charge on any atom is -0.492 e. The van der Waals surface area contributed by atoms with Crippen LogP contribution < -0.4 is 18.9 Å². The van der Waals surface area contributed by atoms with Gasteiger partial charge in [-0.3, -0.25) is 0 Å². The molecule has 1 aromatic carbocycles. The lowest BCUT2D eigenvalue weighted by Gasteiger charge is -2.23. The number of aliphatic hydroxyl groups excluding tert-OH is 1. The summed E-state index contributed by atoms with van der Waals surface area (Å²) in [5, 5.41) is 9.77. The SMILES string of the molecule is COC(=O)[C@@H](O)CC[C@@H](C)Cc1c(OC)c(OC)c(C)c(OC)c1OC. The number of ether oxygens (including phenoxy) is 5. The standard InChI is InChI=1S/C19H30O7/c1-11(8-9-14(20)19(21)26-7)10-13-17(24-5)15(22-3)12(2)16(23-4)18(13)25-6/h11,14,20H,8-10H2,1-7H3/t11-,14+/m1/s1. The summed E-state index contributed by atoms with van der Waals surface area (Å²) in [6.45, 7) is 3.91. The molecule has 0 unspecified atom stereocenters. The molecule has 0 spiro atoms. The number of carbonyl (C=O) groups excluding carboxylic acids is 1. The van der Waals surface area contributed by atoms with Gasteiger partial charge < -0.3 is 28.8 Å². The van der Waals surface area contributed by atoms with Gasteiger partial charge in [0.2, 0.25) is 0 Å². The summed E-state index contributed by atoms with van der Waals surface area (Å²) in [5.41, 5.74) is 1.62. The van der Waals surface area contributed by atoms with E-state index in [2.05, 4.69) is 4.74 Å². The maximum absolute atomic E-state index is 11.3. The van der Waals surface area contributed by atoms with Crippen molar-refractivity contribution in [1.29, 1.82) is 0 Å². The van der Waals surface area contributed by atoms with E-state index in [4.69, 9.17) is 18.9 Å². The molecule has 0 radical (unpaired) electrons. The summed E-state index contributed by atoms with van der Waals surface area (Å²) in [5.74, 6) is 1.93. The van der Waals surface area contributed by atoms with Crippen LogP contribution in [0.15, 0.2) is 0 Å². The van der Waals surface area contributed by atoms with Crippen molar-refractivity contribution in [3.05, 3.63) is 11.1 Å². The summed E-state index contributed by atoms with van der Waals surface area (Å²) < 4.78 is 26.8. The second-order valence-electron chi connectivity index (χ2n) is 6.16. The predicted octanol–water partition coefficient (Wildman–Crippen LogP) is 2.52. The lowest BCUT2D eigenvalue weighted by Crippen LogP contribution is -2.22. The van der Waals surface area contributed by atoms with E-state index in [9.17, 15) is 9.90 Å². The van der Waals surface area contributed by atoms with Crippen molar-refractivity contribution in [3.63, 3.8) is 0 Å². The van der Waals surface area contributed by atoms with Gasteiger partial charge in [0, 0.05) is 11.1 Å². The zero-order chi connectivity index (χ0) is 19.9. The van der Waals surface area contributed by atoms with Gasteiger partial charge in [-0.2, -0.15) is 0 Å². The van der Waals surface area contributed by atoms with Crippen LogP contribution in [0.5, 0.6) is 23.0 Å². The second kappa shape index (κ2) is 10.1. The summed E-state index contributed by atoms with van der Waals surface area (Å²) in [6, 6.07) is 0. The molecular weight excluding hydrogens is 340 g/mol. The van der Waals surface area contributed by atoms with Crippen LogP contribution in [0.3, 0.4) is 0 Å². The highest BCUT2D eigenvalue weighted by Crippen LogP contribution is 2.49. The number of hydrogen-bond acceptors (Lipinski definition) is 7. The molecule has 0 saturated heterocycles. The number of rotatable bonds is 10. The quantitative estimate of drug-likeness (QED) is 0.634. The van der Waals surface area contributed by atoms with Gasteiger partial charge in [-0.15, -0.1) is 0 Å². The molecule has 0 bridgehead atoms. The Kier molecular flexibility index (Phi) is 8.51. The van der Waals surface area contributed by atoms with Gasteiger partial charge in [0.1, 0.15) is 0 Å². The van der Waals surface area contributed by atoms with Crippen LogP contribution >= 0.6 is 0 Å². The number of hydrogen-bond donors (Lipinski definition) is 1. The number of benzene rings is 1. The summed E-state index contributed by atoms with van der Waals surface area (Å²) >= 11 is 0. The van der Waals surface area contributed by atoms with E-state index < -0.39 is 12.1 Å². The first-order chi connectivity index (χ1) is 12.4. The molecule has 0 aromatic heterocycles. The fourth-order valence-electron chi connectivity index (χ4n) is 3.08. The van der Waals surface area contributed by atoms with Crippen molar-refractivity contribution < 1.29 is 33.6 Å². The Balaban J connectivity index is 3.15. The van der Waals surface area contributed by atoms with Crippen LogP contribution in [0.2, 0.25) is 0 Å².